The third-order valence-electron chi connectivity index (χ3n) is 10.1. The van der Waals surface area contributed by atoms with Crippen LogP contribution in [0.4, 0.5) is 0 Å². The van der Waals surface area contributed by atoms with Crippen molar-refractivity contribution in [1.82, 2.24) is 0 Å². The van der Waals surface area contributed by atoms with E-state index in [2.05, 4.69) is 36.4 Å². The Bertz CT molecular complexity index is 2540. The molecule has 0 aliphatic carbocycles. The molecule has 0 N–H and O–H groups in total. The topological polar surface area (TPSA) is 34.1 Å². The number of benzene rings is 8. The molecule has 0 saturated heterocycles. The van der Waals surface area contributed by atoms with Crippen molar-refractivity contribution in [1.29, 1.82) is 0 Å². The third-order valence-corrected chi connectivity index (χ3v) is 10.1. The number of fused-ring (bicyclic) bond motifs is 6. The summed E-state index contributed by atoms with van der Waals surface area (Å²) in [6.45, 7) is 0. The monoisotopic (exact) mass is 610 g/mol. The second-order valence-corrected chi connectivity index (χ2v) is 12.6. The molecule has 0 unspecified atom stereocenters. The van der Waals surface area contributed by atoms with Gasteiger partial charge in [-0.2, -0.15) is 0 Å². The van der Waals surface area contributed by atoms with E-state index in [9.17, 15) is 9.59 Å². The molecular weight excluding hydrogens is 585 g/mol. The van der Waals surface area contributed by atoms with E-state index in [1.165, 1.54) is 0 Å². The van der Waals surface area contributed by atoms with Gasteiger partial charge in [0, 0.05) is 43.8 Å². The van der Waals surface area contributed by atoms with Gasteiger partial charge >= 0.3 is 0 Å². The average Bonchev–Trinajstić information content (AvgIpc) is 3.64. The Morgan fingerprint density at radius 1 is 0.229 bits per heavy atom. The first kappa shape index (κ1) is 26.8. The SMILES string of the molecule is O=c1c(-c2ccccc2)c2c3cccc4c5c(-c6ccccc6)c(=O)c(-c6ccccc6)c5c5cccc(c2c1-c1ccccc1)c5c34. The Labute approximate surface area is 275 Å². The predicted molar refractivity (Wildman–Crippen MR) is 202 cm³/mol. The molecule has 222 valence electrons. The Morgan fingerprint density at radius 2 is 0.458 bits per heavy atom. The molecule has 10 rings (SSSR count). The van der Waals surface area contributed by atoms with Crippen molar-refractivity contribution in [3.63, 3.8) is 0 Å². The maximum Gasteiger partial charge on any atom is 0.195 e. The normalized spacial score (nSPS) is 11.9. The van der Waals surface area contributed by atoms with Gasteiger partial charge in [0.25, 0.3) is 0 Å². The number of hydrogen-bond donors (Lipinski definition) is 0. The number of rotatable bonds is 4. The lowest BCUT2D eigenvalue weighted by Crippen LogP contribution is -2.01. The van der Waals surface area contributed by atoms with Crippen LogP contribution < -0.4 is 10.9 Å². The molecule has 48 heavy (non-hydrogen) atoms. The summed E-state index contributed by atoms with van der Waals surface area (Å²) in [5, 5.41) is 10.2. The van der Waals surface area contributed by atoms with Crippen LogP contribution in [0.15, 0.2) is 167 Å². The second kappa shape index (κ2) is 10.1. The van der Waals surface area contributed by atoms with Crippen LogP contribution in [0.1, 0.15) is 0 Å². The van der Waals surface area contributed by atoms with Crippen molar-refractivity contribution in [3.8, 4) is 44.5 Å². The molecule has 0 fully saturated rings. The summed E-state index contributed by atoms with van der Waals surface area (Å²) in [6, 6.07) is 53.0. The maximum atomic E-state index is 14.8. The summed E-state index contributed by atoms with van der Waals surface area (Å²) in [5.41, 5.74) is 6.58. The predicted octanol–water partition coefficient (Wildman–Crippen LogP) is 11.2. The van der Waals surface area contributed by atoms with Gasteiger partial charge in [-0.1, -0.05) is 158 Å². The van der Waals surface area contributed by atoms with Gasteiger partial charge in [0.2, 0.25) is 0 Å². The summed E-state index contributed by atoms with van der Waals surface area (Å²) in [4.78, 5) is 29.6. The van der Waals surface area contributed by atoms with E-state index >= 15 is 0 Å². The van der Waals surface area contributed by atoms with Gasteiger partial charge in [0.1, 0.15) is 0 Å². The lowest BCUT2D eigenvalue weighted by Gasteiger charge is -2.17. The standard InChI is InChI=1S/C46H26O2/c47-45-35(27-15-5-1-6-16-27)41-31-23-13-25-33-39(31)40-32(42(41)36(45)28-17-7-2-8-18-28)24-14-26-34(40)44-38(30-21-11-4-12-22-30)46(48)37(43(33)44)29-19-9-3-10-20-29/h1-26H. The molecule has 0 atom stereocenters. The summed E-state index contributed by atoms with van der Waals surface area (Å²) in [7, 11) is 0. The smallest absolute Gasteiger partial charge is 0.195 e. The molecule has 0 radical (unpaired) electrons. The quantitative estimate of drug-likeness (QED) is 0.186. The molecule has 0 heterocycles. The van der Waals surface area contributed by atoms with Crippen LogP contribution in [0.5, 0.6) is 0 Å². The van der Waals surface area contributed by atoms with Crippen molar-refractivity contribution in [2.75, 3.05) is 0 Å². The number of hydrogen-bond acceptors (Lipinski definition) is 2. The van der Waals surface area contributed by atoms with Crippen molar-refractivity contribution in [2.24, 2.45) is 0 Å². The van der Waals surface area contributed by atoms with E-state index in [-0.39, 0.29) is 10.9 Å². The maximum absolute atomic E-state index is 14.8. The highest BCUT2D eigenvalue weighted by molar-refractivity contribution is 6.45. The van der Waals surface area contributed by atoms with Crippen LogP contribution in [0.25, 0.3) is 98.4 Å². The molecule has 10 aromatic carbocycles. The lowest BCUT2D eigenvalue weighted by molar-refractivity contribution is 1.61. The highest BCUT2D eigenvalue weighted by Crippen LogP contribution is 2.51. The minimum atomic E-state index is 0.0370. The molecular formula is C46H26O2. The molecule has 2 heteroatoms. The van der Waals surface area contributed by atoms with Crippen molar-refractivity contribution >= 4 is 53.9 Å². The Kier molecular flexibility index (Phi) is 5.62. The third kappa shape index (κ3) is 3.52. The highest BCUT2D eigenvalue weighted by atomic mass is 16.1. The molecule has 0 amide bonds. The van der Waals surface area contributed by atoms with Crippen LogP contribution in [0, 0.1) is 0 Å². The molecule has 0 saturated carbocycles. The van der Waals surface area contributed by atoms with Crippen molar-refractivity contribution in [3.05, 3.63) is 178 Å². The summed E-state index contributed by atoms with van der Waals surface area (Å²) >= 11 is 0. The van der Waals surface area contributed by atoms with E-state index in [1.807, 2.05) is 121 Å². The molecule has 2 nitrogen and oxygen atoms in total. The molecule has 0 spiro atoms. The molecule has 0 aliphatic heterocycles. The first-order valence-corrected chi connectivity index (χ1v) is 16.3. The minimum Gasteiger partial charge on any atom is -0.289 e. The Balaban J connectivity index is 1.53. The zero-order valence-electron chi connectivity index (χ0n) is 25.8. The molecule has 0 bridgehead atoms. The Hall–Kier alpha value is -6.38. The van der Waals surface area contributed by atoms with Gasteiger partial charge in [-0.25, -0.2) is 0 Å². The van der Waals surface area contributed by atoms with Gasteiger partial charge in [0.05, 0.1) is 0 Å². The fourth-order valence-electron chi connectivity index (χ4n) is 8.28. The Morgan fingerprint density at radius 3 is 0.688 bits per heavy atom. The van der Waals surface area contributed by atoms with E-state index in [0.717, 1.165) is 98.4 Å². The lowest BCUT2D eigenvalue weighted by atomic mass is 9.85. The van der Waals surface area contributed by atoms with Gasteiger partial charge in [-0.3, -0.25) is 9.59 Å². The fourth-order valence-corrected chi connectivity index (χ4v) is 8.28. The van der Waals surface area contributed by atoms with E-state index in [1.54, 1.807) is 0 Å². The molecule has 10 aromatic rings. The zero-order valence-corrected chi connectivity index (χ0v) is 25.8. The largest absolute Gasteiger partial charge is 0.289 e. The summed E-state index contributed by atoms with van der Waals surface area (Å²) < 4.78 is 0. The zero-order chi connectivity index (χ0) is 31.9. The summed E-state index contributed by atoms with van der Waals surface area (Å²) in [5.74, 6) is 0. The van der Waals surface area contributed by atoms with Crippen LogP contribution in [0.3, 0.4) is 0 Å². The van der Waals surface area contributed by atoms with E-state index in [4.69, 9.17) is 0 Å². The molecule has 0 aromatic heterocycles. The minimum absolute atomic E-state index is 0.0370. The van der Waals surface area contributed by atoms with Gasteiger partial charge in [0.15, 0.2) is 10.9 Å². The first-order chi connectivity index (χ1) is 23.7. The van der Waals surface area contributed by atoms with Gasteiger partial charge < -0.3 is 0 Å². The van der Waals surface area contributed by atoms with Crippen LogP contribution in [-0.2, 0) is 0 Å². The van der Waals surface area contributed by atoms with Crippen molar-refractivity contribution < 1.29 is 0 Å². The summed E-state index contributed by atoms with van der Waals surface area (Å²) in [6.07, 6.45) is 0. The fraction of sp³-hybridized carbons (Fsp3) is 0. The molecule has 0 aliphatic rings. The van der Waals surface area contributed by atoms with Crippen molar-refractivity contribution in [2.45, 2.75) is 0 Å². The van der Waals surface area contributed by atoms with Gasteiger partial charge in [-0.15, -0.1) is 0 Å². The van der Waals surface area contributed by atoms with Crippen LogP contribution in [0.2, 0.25) is 0 Å². The van der Waals surface area contributed by atoms with E-state index in [0.29, 0.717) is 0 Å². The van der Waals surface area contributed by atoms with E-state index < -0.39 is 0 Å². The van der Waals surface area contributed by atoms with Gasteiger partial charge in [-0.05, 0) is 54.6 Å². The highest BCUT2D eigenvalue weighted by Gasteiger charge is 2.29. The first-order valence-electron chi connectivity index (χ1n) is 16.3. The second-order valence-electron chi connectivity index (χ2n) is 12.6. The van der Waals surface area contributed by atoms with Crippen LogP contribution in [-0.4, -0.2) is 0 Å². The van der Waals surface area contributed by atoms with Crippen LogP contribution >= 0.6 is 0 Å². The average molecular weight is 611 g/mol.